The number of hydrogen-bond donors (Lipinski definition) is 0. The maximum Gasteiger partial charge on any atom is 0.190 e. The Labute approximate surface area is 145 Å². The van der Waals surface area contributed by atoms with Crippen molar-refractivity contribution < 1.29 is 0 Å². The van der Waals surface area contributed by atoms with E-state index in [1.807, 2.05) is 30.3 Å². The van der Waals surface area contributed by atoms with E-state index in [0.29, 0.717) is 11.6 Å². The van der Waals surface area contributed by atoms with E-state index in [4.69, 9.17) is 16.6 Å². The molecular weight excluding hydrogens is 324 g/mol. The SMILES string of the molecule is C=CCn1c(-c2ccc(C)cc2)csc1=Nc1ccccc1Cl. The summed E-state index contributed by atoms with van der Waals surface area (Å²) in [6.45, 7) is 6.66. The Morgan fingerprint density at radius 1 is 1.17 bits per heavy atom. The molecule has 2 aromatic carbocycles. The molecule has 0 atom stereocenters. The Morgan fingerprint density at radius 2 is 1.91 bits per heavy atom. The Balaban J connectivity index is 2.14. The molecular formula is C19H17ClN2S. The van der Waals surface area contributed by atoms with Gasteiger partial charge in [0.1, 0.15) is 0 Å². The number of halogens is 1. The summed E-state index contributed by atoms with van der Waals surface area (Å²) >= 11 is 7.83. The summed E-state index contributed by atoms with van der Waals surface area (Å²) in [5.41, 5.74) is 4.35. The summed E-state index contributed by atoms with van der Waals surface area (Å²) in [4.78, 5) is 5.64. The molecule has 1 aromatic heterocycles. The standard InChI is InChI=1S/C19H17ClN2S/c1-3-12-22-18(15-10-8-14(2)9-11-15)13-23-19(22)21-17-7-5-4-6-16(17)20/h3-11,13H,1,12H2,2H3. The lowest BCUT2D eigenvalue weighted by Crippen LogP contribution is -2.14. The van der Waals surface area contributed by atoms with Gasteiger partial charge in [-0.15, -0.1) is 17.9 Å². The van der Waals surface area contributed by atoms with Crippen molar-refractivity contribution in [3.8, 4) is 11.3 Å². The second kappa shape index (κ2) is 6.99. The van der Waals surface area contributed by atoms with Crippen LogP contribution in [-0.2, 0) is 6.54 Å². The van der Waals surface area contributed by atoms with Gasteiger partial charge in [-0.1, -0.05) is 59.6 Å². The van der Waals surface area contributed by atoms with Crippen molar-refractivity contribution in [2.45, 2.75) is 13.5 Å². The first-order chi connectivity index (χ1) is 11.2. The van der Waals surface area contributed by atoms with Crippen molar-refractivity contribution in [3.63, 3.8) is 0 Å². The van der Waals surface area contributed by atoms with E-state index < -0.39 is 0 Å². The molecule has 0 aliphatic rings. The van der Waals surface area contributed by atoms with Gasteiger partial charge in [0, 0.05) is 11.9 Å². The van der Waals surface area contributed by atoms with Gasteiger partial charge in [0.05, 0.1) is 16.4 Å². The molecule has 0 aliphatic heterocycles. The van der Waals surface area contributed by atoms with E-state index in [2.05, 4.69) is 47.7 Å². The van der Waals surface area contributed by atoms with Crippen LogP contribution in [0, 0.1) is 6.92 Å². The smallest absolute Gasteiger partial charge is 0.190 e. The van der Waals surface area contributed by atoms with Crippen LogP contribution in [0.5, 0.6) is 0 Å². The van der Waals surface area contributed by atoms with Crippen LogP contribution in [0.1, 0.15) is 5.56 Å². The maximum atomic E-state index is 6.23. The van der Waals surface area contributed by atoms with Crippen LogP contribution in [-0.4, -0.2) is 4.57 Å². The van der Waals surface area contributed by atoms with Gasteiger partial charge in [-0.25, -0.2) is 4.99 Å². The Bertz CT molecular complexity index is 888. The predicted molar refractivity (Wildman–Crippen MR) is 99.4 cm³/mol. The van der Waals surface area contributed by atoms with Crippen molar-refractivity contribution >= 4 is 28.6 Å². The molecule has 1 heterocycles. The summed E-state index contributed by atoms with van der Waals surface area (Å²) in [6, 6.07) is 16.1. The fourth-order valence-corrected chi connectivity index (χ4v) is 3.43. The third kappa shape index (κ3) is 3.46. The molecule has 0 amide bonds. The van der Waals surface area contributed by atoms with Crippen molar-refractivity contribution in [1.82, 2.24) is 4.57 Å². The average Bonchev–Trinajstić information content (AvgIpc) is 2.94. The molecule has 0 fully saturated rings. The first-order valence-electron chi connectivity index (χ1n) is 7.34. The zero-order valence-electron chi connectivity index (χ0n) is 12.9. The number of allylic oxidation sites excluding steroid dienone is 1. The summed E-state index contributed by atoms with van der Waals surface area (Å²) in [5, 5.41) is 2.78. The molecule has 0 aliphatic carbocycles. The lowest BCUT2D eigenvalue weighted by atomic mass is 10.1. The summed E-state index contributed by atoms with van der Waals surface area (Å²) < 4.78 is 2.16. The van der Waals surface area contributed by atoms with Gasteiger partial charge in [-0.3, -0.25) is 0 Å². The molecule has 2 nitrogen and oxygen atoms in total. The number of benzene rings is 2. The molecule has 116 valence electrons. The first kappa shape index (κ1) is 15.8. The molecule has 3 rings (SSSR count). The molecule has 0 saturated carbocycles. The van der Waals surface area contributed by atoms with Crippen molar-refractivity contribution in [1.29, 1.82) is 0 Å². The zero-order chi connectivity index (χ0) is 16.2. The molecule has 0 N–H and O–H groups in total. The van der Waals surface area contributed by atoms with Crippen molar-refractivity contribution in [2.24, 2.45) is 4.99 Å². The van der Waals surface area contributed by atoms with E-state index in [-0.39, 0.29) is 0 Å². The van der Waals surface area contributed by atoms with Crippen molar-refractivity contribution in [3.05, 3.63) is 82.0 Å². The minimum Gasteiger partial charge on any atom is -0.313 e. The van der Waals surface area contributed by atoms with Crippen LogP contribution in [0.15, 0.2) is 71.6 Å². The van der Waals surface area contributed by atoms with Crippen LogP contribution >= 0.6 is 22.9 Å². The van der Waals surface area contributed by atoms with E-state index in [1.54, 1.807) is 11.3 Å². The molecule has 0 spiro atoms. The number of hydrogen-bond acceptors (Lipinski definition) is 2. The number of nitrogens with zero attached hydrogens (tertiary/aromatic N) is 2. The molecule has 4 heteroatoms. The van der Waals surface area contributed by atoms with Crippen LogP contribution < -0.4 is 4.80 Å². The Kier molecular flexibility index (Phi) is 4.79. The summed E-state index contributed by atoms with van der Waals surface area (Å²) in [7, 11) is 0. The monoisotopic (exact) mass is 340 g/mol. The maximum absolute atomic E-state index is 6.23. The molecule has 0 unspecified atom stereocenters. The first-order valence-corrected chi connectivity index (χ1v) is 8.60. The highest BCUT2D eigenvalue weighted by molar-refractivity contribution is 7.07. The van der Waals surface area contributed by atoms with Gasteiger partial charge in [0.15, 0.2) is 4.80 Å². The lowest BCUT2D eigenvalue weighted by molar-refractivity contribution is 0.800. The van der Waals surface area contributed by atoms with E-state index >= 15 is 0 Å². The van der Waals surface area contributed by atoms with Gasteiger partial charge in [-0.2, -0.15) is 0 Å². The molecule has 23 heavy (non-hydrogen) atoms. The quantitative estimate of drug-likeness (QED) is 0.550. The van der Waals surface area contributed by atoms with E-state index in [9.17, 15) is 0 Å². The van der Waals surface area contributed by atoms with Crippen LogP contribution in [0.4, 0.5) is 5.69 Å². The predicted octanol–water partition coefficient (Wildman–Crippen LogP) is 5.60. The minimum absolute atomic E-state index is 0.655. The van der Waals surface area contributed by atoms with Gasteiger partial charge >= 0.3 is 0 Å². The number of aromatic nitrogens is 1. The Hall–Kier alpha value is -2.10. The van der Waals surface area contributed by atoms with Gasteiger partial charge in [0.25, 0.3) is 0 Å². The molecule has 3 aromatic rings. The second-order valence-electron chi connectivity index (χ2n) is 5.23. The largest absolute Gasteiger partial charge is 0.313 e. The van der Waals surface area contributed by atoms with Crippen LogP contribution in [0.25, 0.3) is 11.3 Å². The van der Waals surface area contributed by atoms with Crippen LogP contribution in [0.2, 0.25) is 5.02 Å². The fraction of sp³-hybridized carbons (Fsp3) is 0.105. The molecule has 0 radical (unpaired) electrons. The number of rotatable bonds is 4. The Morgan fingerprint density at radius 3 is 2.61 bits per heavy atom. The summed E-state index contributed by atoms with van der Waals surface area (Å²) in [6.07, 6.45) is 1.88. The number of para-hydroxylation sites is 1. The van der Waals surface area contributed by atoms with Crippen molar-refractivity contribution in [2.75, 3.05) is 0 Å². The zero-order valence-corrected chi connectivity index (χ0v) is 14.4. The van der Waals surface area contributed by atoms with Gasteiger partial charge < -0.3 is 4.57 Å². The fourth-order valence-electron chi connectivity index (χ4n) is 2.32. The van der Waals surface area contributed by atoms with E-state index in [0.717, 1.165) is 16.2 Å². The second-order valence-corrected chi connectivity index (χ2v) is 6.48. The third-order valence-corrected chi connectivity index (χ3v) is 4.71. The normalized spacial score (nSPS) is 11.7. The molecule has 0 bridgehead atoms. The van der Waals surface area contributed by atoms with E-state index in [1.165, 1.54) is 11.1 Å². The highest BCUT2D eigenvalue weighted by Crippen LogP contribution is 2.25. The van der Waals surface area contributed by atoms with Gasteiger partial charge in [-0.05, 0) is 24.6 Å². The lowest BCUT2D eigenvalue weighted by Gasteiger charge is -2.07. The highest BCUT2D eigenvalue weighted by Gasteiger charge is 2.07. The molecule has 0 saturated heterocycles. The van der Waals surface area contributed by atoms with Crippen LogP contribution in [0.3, 0.4) is 0 Å². The number of aryl methyl sites for hydroxylation is 1. The average molecular weight is 341 g/mol. The minimum atomic E-state index is 0.655. The van der Waals surface area contributed by atoms with Gasteiger partial charge in [0.2, 0.25) is 0 Å². The topological polar surface area (TPSA) is 17.3 Å². The summed E-state index contributed by atoms with van der Waals surface area (Å²) in [5.74, 6) is 0. The third-order valence-electron chi connectivity index (χ3n) is 3.53. The highest BCUT2D eigenvalue weighted by atomic mass is 35.5. The number of thiazole rings is 1.